The van der Waals surface area contributed by atoms with E-state index in [0.717, 1.165) is 5.52 Å². The van der Waals surface area contributed by atoms with Crippen molar-refractivity contribution in [3.8, 4) is 0 Å². The number of carbonyl (C=O) groups is 1. The number of nitrogens with two attached hydrogens (primary N) is 1. The number of aromatic nitrogens is 1. The van der Waals surface area contributed by atoms with E-state index in [1.165, 1.54) is 0 Å². The van der Waals surface area contributed by atoms with E-state index in [4.69, 9.17) is 17.3 Å². The molecule has 0 saturated carbocycles. The molecule has 20 heavy (non-hydrogen) atoms. The molecule has 0 aliphatic heterocycles. The Balaban J connectivity index is 2.63. The second kappa shape index (κ2) is 6.07. The Morgan fingerprint density at radius 3 is 2.85 bits per heavy atom. The summed E-state index contributed by atoms with van der Waals surface area (Å²) in [5.74, 6) is -0.403. The van der Waals surface area contributed by atoms with Crippen LogP contribution < -0.4 is 16.5 Å². The molecule has 106 valence electrons. The quantitative estimate of drug-likeness (QED) is 0.893. The van der Waals surface area contributed by atoms with Gasteiger partial charge in [-0.15, -0.1) is 0 Å². The Kier molecular flexibility index (Phi) is 4.42. The van der Waals surface area contributed by atoms with Crippen molar-refractivity contribution in [2.24, 2.45) is 5.73 Å². The van der Waals surface area contributed by atoms with Gasteiger partial charge in [0, 0.05) is 36.2 Å². The maximum Gasteiger partial charge on any atom is 0.256 e. The third-order valence-electron chi connectivity index (χ3n) is 3.06. The maximum atomic E-state index is 12.4. The minimum Gasteiger partial charge on any atom is -0.351 e. The van der Waals surface area contributed by atoms with Gasteiger partial charge in [0.25, 0.3) is 5.91 Å². The lowest BCUT2D eigenvalue weighted by Gasteiger charge is -2.11. The molecule has 0 aliphatic carbocycles. The number of rotatable bonds is 4. The molecule has 1 amide bonds. The Hall–Kier alpha value is -1.85. The van der Waals surface area contributed by atoms with Crippen LogP contribution in [0.25, 0.3) is 10.9 Å². The summed E-state index contributed by atoms with van der Waals surface area (Å²) in [7, 11) is 0. The molecule has 0 fully saturated rings. The maximum absolute atomic E-state index is 12.4. The van der Waals surface area contributed by atoms with Crippen LogP contribution in [-0.2, 0) is 6.54 Å². The van der Waals surface area contributed by atoms with Gasteiger partial charge in [-0.1, -0.05) is 11.6 Å². The van der Waals surface area contributed by atoms with E-state index in [1.54, 1.807) is 24.4 Å². The number of hydrogen-bond acceptors (Lipinski definition) is 3. The molecule has 1 aromatic heterocycles. The lowest BCUT2D eigenvalue weighted by atomic mass is 10.1. The molecule has 3 N–H and O–H groups in total. The number of fused-ring (bicyclic) bond motifs is 1. The number of amides is 1. The number of pyridine rings is 1. The van der Waals surface area contributed by atoms with Crippen LogP contribution in [0.5, 0.6) is 0 Å². The van der Waals surface area contributed by atoms with Crippen molar-refractivity contribution in [3.63, 3.8) is 0 Å². The second-order valence-corrected chi connectivity index (χ2v) is 4.80. The molecule has 2 aromatic rings. The predicted molar refractivity (Wildman–Crippen MR) is 80.3 cm³/mol. The van der Waals surface area contributed by atoms with Crippen LogP contribution in [0.1, 0.15) is 17.3 Å². The van der Waals surface area contributed by atoms with Gasteiger partial charge >= 0.3 is 0 Å². The van der Waals surface area contributed by atoms with E-state index < -0.39 is 5.91 Å². The highest BCUT2D eigenvalue weighted by Gasteiger charge is 2.14. The fourth-order valence-electron chi connectivity index (χ4n) is 2.07. The second-order valence-electron chi connectivity index (χ2n) is 4.36. The molecule has 0 radical (unpaired) electrons. The van der Waals surface area contributed by atoms with Crippen molar-refractivity contribution in [3.05, 3.63) is 45.2 Å². The molecular weight excluding hydrogens is 278 g/mol. The summed E-state index contributed by atoms with van der Waals surface area (Å²) in [4.78, 5) is 24.4. The molecule has 2 rings (SSSR count). The van der Waals surface area contributed by atoms with Gasteiger partial charge < -0.3 is 15.6 Å². The van der Waals surface area contributed by atoms with E-state index >= 15 is 0 Å². The summed E-state index contributed by atoms with van der Waals surface area (Å²) in [6, 6.07) is 5.02. The Morgan fingerprint density at radius 2 is 2.20 bits per heavy atom. The molecule has 0 aliphatic rings. The van der Waals surface area contributed by atoms with Gasteiger partial charge in [0.05, 0.1) is 5.52 Å². The van der Waals surface area contributed by atoms with Crippen molar-refractivity contribution in [1.29, 1.82) is 0 Å². The first-order valence-corrected chi connectivity index (χ1v) is 6.77. The average molecular weight is 294 g/mol. The Morgan fingerprint density at radius 1 is 1.45 bits per heavy atom. The SMILES string of the molecule is CCn1cc(C(=O)NCCN)c(=O)c2ccc(Cl)cc21. The number of benzene rings is 1. The van der Waals surface area contributed by atoms with E-state index in [2.05, 4.69) is 5.32 Å². The lowest BCUT2D eigenvalue weighted by Crippen LogP contribution is -2.33. The number of nitrogens with one attached hydrogen (secondary N) is 1. The van der Waals surface area contributed by atoms with Gasteiger partial charge in [-0.25, -0.2) is 0 Å². The molecule has 0 atom stereocenters. The van der Waals surface area contributed by atoms with Crippen LogP contribution in [-0.4, -0.2) is 23.6 Å². The third kappa shape index (κ3) is 2.69. The van der Waals surface area contributed by atoms with Crippen LogP contribution in [0.4, 0.5) is 0 Å². The fourth-order valence-corrected chi connectivity index (χ4v) is 2.23. The number of halogens is 1. The zero-order chi connectivity index (χ0) is 14.7. The van der Waals surface area contributed by atoms with Crippen LogP contribution in [0.15, 0.2) is 29.2 Å². The van der Waals surface area contributed by atoms with Crippen LogP contribution >= 0.6 is 11.6 Å². The first-order valence-electron chi connectivity index (χ1n) is 6.39. The van der Waals surface area contributed by atoms with Crippen molar-refractivity contribution < 1.29 is 4.79 Å². The Labute approximate surface area is 121 Å². The van der Waals surface area contributed by atoms with E-state index in [0.29, 0.717) is 30.0 Å². The first kappa shape index (κ1) is 14.6. The van der Waals surface area contributed by atoms with E-state index in [9.17, 15) is 9.59 Å². The number of nitrogens with zero attached hydrogens (tertiary/aromatic N) is 1. The van der Waals surface area contributed by atoms with Crippen LogP contribution in [0.2, 0.25) is 5.02 Å². The molecule has 0 spiro atoms. The summed E-state index contributed by atoms with van der Waals surface area (Å²) >= 11 is 5.96. The fraction of sp³-hybridized carbons (Fsp3) is 0.286. The standard InChI is InChI=1S/C14H16ClN3O2/c1-2-18-8-11(14(20)17-6-5-16)13(19)10-4-3-9(15)7-12(10)18/h3-4,7-8H,2,5-6,16H2,1H3,(H,17,20). The monoisotopic (exact) mass is 293 g/mol. The molecular formula is C14H16ClN3O2. The highest BCUT2D eigenvalue weighted by Crippen LogP contribution is 2.17. The first-order chi connectivity index (χ1) is 9.58. The topological polar surface area (TPSA) is 77.1 Å². The van der Waals surface area contributed by atoms with E-state index in [1.807, 2.05) is 11.5 Å². The zero-order valence-electron chi connectivity index (χ0n) is 11.1. The van der Waals surface area contributed by atoms with Crippen molar-refractivity contribution in [1.82, 2.24) is 9.88 Å². The smallest absolute Gasteiger partial charge is 0.256 e. The molecule has 5 nitrogen and oxygen atoms in total. The van der Waals surface area contributed by atoms with Gasteiger partial charge in [0.1, 0.15) is 5.56 Å². The highest BCUT2D eigenvalue weighted by atomic mass is 35.5. The van der Waals surface area contributed by atoms with Crippen LogP contribution in [0, 0.1) is 0 Å². The van der Waals surface area contributed by atoms with Gasteiger partial charge in [-0.3, -0.25) is 9.59 Å². The minimum absolute atomic E-state index is 0.120. The van der Waals surface area contributed by atoms with Gasteiger partial charge in [-0.05, 0) is 25.1 Å². The lowest BCUT2D eigenvalue weighted by molar-refractivity contribution is 0.0953. The van der Waals surface area contributed by atoms with Gasteiger partial charge in [0.2, 0.25) is 5.43 Å². The summed E-state index contributed by atoms with van der Waals surface area (Å²) < 4.78 is 1.83. The number of hydrogen-bond donors (Lipinski definition) is 2. The molecule has 0 saturated heterocycles. The predicted octanol–water partition coefficient (Wildman–Crippen LogP) is 1.36. The minimum atomic E-state index is -0.403. The largest absolute Gasteiger partial charge is 0.351 e. The third-order valence-corrected chi connectivity index (χ3v) is 3.29. The normalized spacial score (nSPS) is 10.8. The summed E-state index contributed by atoms with van der Waals surface area (Å²) in [6.07, 6.45) is 1.56. The molecule has 0 bridgehead atoms. The van der Waals surface area contributed by atoms with Gasteiger partial charge in [0.15, 0.2) is 0 Å². The highest BCUT2D eigenvalue weighted by molar-refractivity contribution is 6.31. The molecule has 0 unspecified atom stereocenters. The van der Waals surface area contributed by atoms with Crippen molar-refractivity contribution in [2.75, 3.05) is 13.1 Å². The average Bonchev–Trinajstić information content (AvgIpc) is 2.45. The van der Waals surface area contributed by atoms with Crippen molar-refractivity contribution >= 4 is 28.4 Å². The summed E-state index contributed by atoms with van der Waals surface area (Å²) in [6.45, 7) is 3.24. The summed E-state index contributed by atoms with van der Waals surface area (Å²) in [5.41, 5.74) is 5.89. The molecule has 1 heterocycles. The van der Waals surface area contributed by atoms with E-state index in [-0.39, 0.29) is 11.0 Å². The van der Waals surface area contributed by atoms with Gasteiger partial charge in [-0.2, -0.15) is 0 Å². The van der Waals surface area contributed by atoms with Crippen LogP contribution in [0.3, 0.4) is 0 Å². The summed E-state index contributed by atoms with van der Waals surface area (Å²) in [5, 5.41) is 3.65. The number of aryl methyl sites for hydroxylation is 1. The number of carbonyl (C=O) groups excluding carboxylic acids is 1. The Bertz CT molecular complexity index is 709. The molecule has 6 heteroatoms. The zero-order valence-corrected chi connectivity index (χ0v) is 11.9. The van der Waals surface area contributed by atoms with Crippen molar-refractivity contribution in [2.45, 2.75) is 13.5 Å². The molecule has 1 aromatic carbocycles.